The number of rotatable bonds is 8. The lowest BCUT2D eigenvalue weighted by Crippen LogP contribution is -2.21. The number of hydrogen-bond acceptors (Lipinski definition) is 8. The highest BCUT2D eigenvalue weighted by molar-refractivity contribution is 5.99. The number of carbonyl (C=O) groups is 3. The molecule has 0 atom stereocenters. The Kier molecular flexibility index (Phi) is 7.05. The molecule has 0 radical (unpaired) electrons. The fourth-order valence-corrected chi connectivity index (χ4v) is 2.71. The lowest BCUT2D eigenvalue weighted by molar-refractivity contribution is -0.117. The number of tetrazole rings is 1. The molecule has 3 aromatic rings. The summed E-state index contributed by atoms with van der Waals surface area (Å²) in [5.41, 5.74) is 1.25. The van der Waals surface area contributed by atoms with E-state index in [-0.39, 0.29) is 36.6 Å². The Morgan fingerprint density at radius 3 is 2.13 bits per heavy atom. The molecule has 0 saturated heterocycles. The quantitative estimate of drug-likeness (QED) is 0.547. The lowest BCUT2D eigenvalue weighted by Gasteiger charge is -2.10. The molecule has 31 heavy (non-hydrogen) atoms. The first-order valence-electron chi connectivity index (χ1n) is 9.62. The first kappa shape index (κ1) is 21.6. The van der Waals surface area contributed by atoms with Crippen molar-refractivity contribution < 1.29 is 23.9 Å². The van der Waals surface area contributed by atoms with Gasteiger partial charge in [0.05, 0.1) is 24.3 Å². The van der Waals surface area contributed by atoms with E-state index in [1.807, 2.05) is 30.3 Å². The summed E-state index contributed by atoms with van der Waals surface area (Å²) in [7, 11) is 0. The fraction of sp³-hybridized carbons (Fsp3) is 0.238. The Balaban J connectivity index is 1.76. The number of hydrogen-bond donors (Lipinski definition) is 1. The second kappa shape index (κ2) is 10.1. The molecule has 1 amide bonds. The van der Waals surface area contributed by atoms with Crippen LogP contribution in [0, 0.1) is 0 Å². The van der Waals surface area contributed by atoms with Crippen LogP contribution in [0.3, 0.4) is 0 Å². The van der Waals surface area contributed by atoms with E-state index in [0.29, 0.717) is 5.82 Å². The van der Waals surface area contributed by atoms with Gasteiger partial charge >= 0.3 is 11.9 Å². The van der Waals surface area contributed by atoms with Crippen LogP contribution in [0.2, 0.25) is 0 Å². The van der Waals surface area contributed by atoms with E-state index in [2.05, 4.69) is 20.7 Å². The van der Waals surface area contributed by atoms with Gasteiger partial charge in [-0.05, 0) is 37.3 Å². The SMILES string of the molecule is CCOC(=O)c1cc(NC(=O)Cn2nnc(-c3ccccc3)n2)cc(C(=O)OCC)c1. The summed E-state index contributed by atoms with van der Waals surface area (Å²) in [5.74, 6) is -1.31. The zero-order valence-electron chi connectivity index (χ0n) is 17.1. The predicted octanol–water partition coefficient (Wildman–Crippen LogP) is 2.33. The second-order valence-electron chi connectivity index (χ2n) is 6.30. The third-order valence-corrected chi connectivity index (χ3v) is 4.01. The maximum absolute atomic E-state index is 12.5. The van der Waals surface area contributed by atoms with Gasteiger partial charge in [0, 0.05) is 11.3 Å². The van der Waals surface area contributed by atoms with Gasteiger partial charge in [0.15, 0.2) is 0 Å². The number of carbonyl (C=O) groups excluding carboxylic acids is 3. The Morgan fingerprint density at radius 1 is 0.935 bits per heavy atom. The molecule has 1 aromatic heterocycles. The van der Waals surface area contributed by atoms with Gasteiger partial charge in [0.25, 0.3) is 0 Å². The van der Waals surface area contributed by atoms with Crippen LogP contribution in [0.5, 0.6) is 0 Å². The van der Waals surface area contributed by atoms with Gasteiger partial charge in [-0.15, -0.1) is 10.2 Å². The Labute approximate surface area is 178 Å². The highest BCUT2D eigenvalue weighted by Crippen LogP contribution is 2.18. The number of anilines is 1. The van der Waals surface area contributed by atoms with Crippen molar-refractivity contribution in [1.29, 1.82) is 0 Å². The molecular weight excluding hydrogens is 402 g/mol. The minimum absolute atomic E-state index is 0.118. The molecule has 1 heterocycles. The molecule has 0 bridgehead atoms. The van der Waals surface area contributed by atoms with E-state index in [9.17, 15) is 14.4 Å². The van der Waals surface area contributed by atoms with Gasteiger partial charge in [-0.25, -0.2) is 9.59 Å². The third-order valence-electron chi connectivity index (χ3n) is 4.01. The zero-order chi connectivity index (χ0) is 22.2. The molecule has 1 N–H and O–H groups in total. The lowest BCUT2D eigenvalue weighted by atomic mass is 10.1. The Bertz CT molecular complexity index is 1040. The van der Waals surface area contributed by atoms with Crippen LogP contribution in [0.25, 0.3) is 11.4 Å². The van der Waals surface area contributed by atoms with Crippen LogP contribution in [0.4, 0.5) is 5.69 Å². The molecule has 0 aliphatic rings. The molecule has 160 valence electrons. The highest BCUT2D eigenvalue weighted by atomic mass is 16.5. The van der Waals surface area contributed by atoms with Gasteiger partial charge in [-0.3, -0.25) is 4.79 Å². The van der Waals surface area contributed by atoms with Crippen molar-refractivity contribution >= 4 is 23.5 Å². The van der Waals surface area contributed by atoms with Crippen molar-refractivity contribution in [2.24, 2.45) is 0 Å². The van der Waals surface area contributed by atoms with Crippen molar-refractivity contribution in [2.45, 2.75) is 20.4 Å². The average Bonchev–Trinajstić information content (AvgIpc) is 3.22. The minimum atomic E-state index is -0.616. The Morgan fingerprint density at radius 2 is 1.55 bits per heavy atom. The zero-order valence-corrected chi connectivity index (χ0v) is 17.1. The predicted molar refractivity (Wildman–Crippen MR) is 110 cm³/mol. The molecule has 2 aromatic carbocycles. The monoisotopic (exact) mass is 423 g/mol. The van der Waals surface area contributed by atoms with Gasteiger partial charge in [0.2, 0.25) is 11.7 Å². The van der Waals surface area contributed by atoms with E-state index >= 15 is 0 Å². The van der Waals surface area contributed by atoms with Crippen LogP contribution in [-0.2, 0) is 20.8 Å². The summed E-state index contributed by atoms with van der Waals surface area (Å²) in [6.07, 6.45) is 0. The normalized spacial score (nSPS) is 10.4. The van der Waals surface area contributed by atoms with E-state index in [4.69, 9.17) is 9.47 Å². The number of nitrogens with one attached hydrogen (secondary N) is 1. The first-order chi connectivity index (χ1) is 15.0. The number of esters is 2. The summed E-state index contributed by atoms with van der Waals surface area (Å²) in [6.45, 7) is 3.48. The molecule has 0 aliphatic carbocycles. The summed E-state index contributed by atoms with van der Waals surface area (Å²) in [5, 5.41) is 14.6. The van der Waals surface area contributed by atoms with Crippen molar-refractivity contribution in [3.8, 4) is 11.4 Å². The van der Waals surface area contributed by atoms with Crippen LogP contribution < -0.4 is 5.32 Å². The third kappa shape index (κ3) is 5.72. The molecule has 0 unspecified atom stereocenters. The second-order valence-corrected chi connectivity index (χ2v) is 6.30. The van der Waals surface area contributed by atoms with Crippen LogP contribution in [-0.4, -0.2) is 51.3 Å². The highest BCUT2D eigenvalue weighted by Gasteiger charge is 2.16. The molecule has 10 nitrogen and oxygen atoms in total. The molecule has 10 heteroatoms. The summed E-state index contributed by atoms with van der Waals surface area (Å²) in [4.78, 5) is 37.9. The van der Waals surface area contributed by atoms with Crippen LogP contribution >= 0.6 is 0 Å². The summed E-state index contributed by atoms with van der Waals surface area (Å²) in [6, 6.07) is 13.4. The molecule has 3 rings (SSSR count). The topological polar surface area (TPSA) is 125 Å². The summed E-state index contributed by atoms with van der Waals surface area (Å²) >= 11 is 0. The molecule has 0 aliphatic heterocycles. The van der Waals surface area contributed by atoms with Crippen molar-refractivity contribution in [1.82, 2.24) is 20.2 Å². The van der Waals surface area contributed by atoms with E-state index < -0.39 is 17.8 Å². The number of benzene rings is 2. The van der Waals surface area contributed by atoms with Crippen molar-refractivity contribution in [2.75, 3.05) is 18.5 Å². The minimum Gasteiger partial charge on any atom is -0.462 e. The fourth-order valence-electron chi connectivity index (χ4n) is 2.71. The largest absolute Gasteiger partial charge is 0.462 e. The molecule has 0 spiro atoms. The number of ether oxygens (including phenoxy) is 2. The molecule has 0 saturated carbocycles. The van der Waals surface area contributed by atoms with Crippen molar-refractivity contribution in [3.05, 3.63) is 59.7 Å². The van der Waals surface area contributed by atoms with Gasteiger partial charge in [0.1, 0.15) is 6.54 Å². The van der Waals surface area contributed by atoms with Gasteiger partial charge in [-0.1, -0.05) is 30.3 Å². The van der Waals surface area contributed by atoms with Crippen LogP contribution in [0.1, 0.15) is 34.6 Å². The van der Waals surface area contributed by atoms with E-state index in [1.165, 1.54) is 18.2 Å². The van der Waals surface area contributed by atoms with Crippen LogP contribution in [0.15, 0.2) is 48.5 Å². The molecular formula is C21H21N5O5. The summed E-state index contributed by atoms with van der Waals surface area (Å²) < 4.78 is 9.97. The van der Waals surface area contributed by atoms with E-state index in [0.717, 1.165) is 10.4 Å². The smallest absolute Gasteiger partial charge is 0.338 e. The molecule has 0 fully saturated rings. The maximum atomic E-state index is 12.5. The van der Waals surface area contributed by atoms with E-state index in [1.54, 1.807) is 13.8 Å². The van der Waals surface area contributed by atoms with Crippen molar-refractivity contribution in [3.63, 3.8) is 0 Å². The van der Waals surface area contributed by atoms with Gasteiger partial charge < -0.3 is 14.8 Å². The Hall–Kier alpha value is -4.08. The standard InChI is InChI=1S/C21H21N5O5/c1-3-30-20(28)15-10-16(21(29)31-4-2)12-17(11-15)22-18(27)13-26-24-19(23-25-26)14-8-6-5-7-9-14/h5-12H,3-4,13H2,1-2H3,(H,22,27). The van der Waals surface area contributed by atoms with Gasteiger partial charge in [-0.2, -0.15) is 4.80 Å². The average molecular weight is 423 g/mol. The maximum Gasteiger partial charge on any atom is 0.338 e. The number of amides is 1. The first-order valence-corrected chi connectivity index (χ1v) is 9.62. The number of aromatic nitrogens is 4. The number of nitrogens with zero attached hydrogens (tertiary/aromatic N) is 4.